The Morgan fingerprint density at radius 3 is 2.16 bits per heavy atom. The summed E-state index contributed by atoms with van der Waals surface area (Å²) < 4.78 is 2.06. The fourth-order valence-electron chi connectivity index (χ4n) is 1.97. The summed E-state index contributed by atoms with van der Waals surface area (Å²) in [5.74, 6) is 0.510. The second-order valence-electron chi connectivity index (χ2n) is 4.89. The molecule has 100 valence electrons. The summed E-state index contributed by atoms with van der Waals surface area (Å²) in [5, 5.41) is 10.5. The van der Waals surface area contributed by atoms with Crippen LogP contribution in [-0.4, -0.2) is 5.11 Å². The molecule has 2 aromatic carbocycles. The monoisotopic (exact) mass is 430 g/mol. The van der Waals surface area contributed by atoms with Crippen molar-refractivity contribution in [1.29, 1.82) is 0 Å². The van der Waals surface area contributed by atoms with Crippen molar-refractivity contribution in [2.45, 2.75) is 25.9 Å². The first-order valence-corrected chi connectivity index (χ1v) is 8.09. The molecule has 0 saturated heterocycles. The van der Waals surface area contributed by atoms with E-state index in [0.29, 0.717) is 5.92 Å². The van der Waals surface area contributed by atoms with E-state index in [4.69, 9.17) is 0 Å². The minimum atomic E-state index is -0.592. The van der Waals surface area contributed by atoms with Crippen LogP contribution in [-0.2, 0) is 0 Å². The molecule has 0 aliphatic carbocycles. The standard InChI is InChI=1S/C16H16BrIO/c1-10(2)11-3-5-12(6-4-11)16(19)14-9-13(18)7-8-15(14)17/h3-10,16,19H,1-2H3. The lowest BCUT2D eigenvalue weighted by atomic mass is 9.97. The number of hydrogen-bond donors (Lipinski definition) is 1. The number of aliphatic hydroxyl groups excluding tert-OH is 1. The zero-order valence-electron chi connectivity index (χ0n) is 10.9. The topological polar surface area (TPSA) is 20.2 Å². The molecular weight excluding hydrogens is 415 g/mol. The van der Waals surface area contributed by atoms with Crippen LogP contribution in [0.4, 0.5) is 0 Å². The molecule has 19 heavy (non-hydrogen) atoms. The molecule has 0 bridgehead atoms. The number of rotatable bonds is 3. The molecule has 0 fully saturated rings. The van der Waals surface area contributed by atoms with Gasteiger partial charge in [-0.15, -0.1) is 0 Å². The van der Waals surface area contributed by atoms with E-state index >= 15 is 0 Å². The van der Waals surface area contributed by atoms with Gasteiger partial charge in [0, 0.05) is 13.6 Å². The molecule has 0 saturated carbocycles. The highest BCUT2D eigenvalue weighted by Crippen LogP contribution is 2.30. The summed E-state index contributed by atoms with van der Waals surface area (Å²) in [7, 11) is 0. The molecule has 1 N–H and O–H groups in total. The molecule has 0 aliphatic heterocycles. The normalized spacial score (nSPS) is 12.7. The van der Waals surface area contributed by atoms with Gasteiger partial charge in [0.2, 0.25) is 0 Å². The molecule has 2 rings (SSSR count). The molecule has 0 aromatic heterocycles. The number of benzene rings is 2. The van der Waals surface area contributed by atoms with E-state index in [-0.39, 0.29) is 0 Å². The first-order valence-electron chi connectivity index (χ1n) is 6.22. The summed E-state index contributed by atoms with van der Waals surface area (Å²) >= 11 is 5.76. The Kier molecular flexibility index (Phi) is 5.03. The Hall–Kier alpha value is -0.390. The zero-order valence-corrected chi connectivity index (χ0v) is 14.6. The lowest BCUT2D eigenvalue weighted by molar-refractivity contribution is 0.219. The van der Waals surface area contributed by atoms with Gasteiger partial charge >= 0.3 is 0 Å². The minimum Gasteiger partial charge on any atom is -0.384 e. The third-order valence-electron chi connectivity index (χ3n) is 3.17. The van der Waals surface area contributed by atoms with Gasteiger partial charge in [0.05, 0.1) is 0 Å². The average molecular weight is 431 g/mol. The van der Waals surface area contributed by atoms with E-state index in [2.05, 4.69) is 64.5 Å². The van der Waals surface area contributed by atoms with Crippen molar-refractivity contribution in [3.63, 3.8) is 0 Å². The van der Waals surface area contributed by atoms with Crippen LogP contribution in [0.2, 0.25) is 0 Å². The Morgan fingerprint density at radius 2 is 1.58 bits per heavy atom. The molecule has 0 radical (unpaired) electrons. The first-order chi connectivity index (χ1) is 8.99. The fraction of sp³-hybridized carbons (Fsp3) is 0.250. The van der Waals surface area contributed by atoms with Crippen molar-refractivity contribution in [1.82, 2.24) is 0 Å². The predicted octanol–water partition coefficient (Wildman–Crippen LogP) is 5.26. The third kappa shape index (κ3) is 3.58. The molecule has 0 aliphatic rings. The number of aliphatic hydroxyl groups is 1. The van der Waals surface area contributed by atoms with E-state index < -0.39 is 6.10 Å². The van der Waals surface area contributed by atoms with Crippen molar-refractivity contribution in [3.05, 3.63) is 67.2 Å². The molecule has 3 heteroatoms. The summed E-state index contributed by atoms with van der Waals surface area (Å²) in [6, 6.07) is 14.2. The van der Waals surface area contributed by atoms with E-state index in [1.807, 2.05) is 30.3 Å². The highest BCUT2D eigenvalue weighted by Gasteiger charge is 2.14. The van der Waals surface area contributed by atoms with Crippen LogP contribution in [0.5, 0.6) is 0 Å². The molecule has 1 nitrogen and oxygen atoms in total. The van der Waals surface area contributed by atoms with Gasteiger partial charge < -0.3 is 5.11 Å². The minimum absolute atomic E-state index is 0.510. The molecule has 2 aromatic rings. The SMILES string of the molecule is CC(C)c1ccc(C(O)c2cc(I)ccc2Br)cc1. The fourth-order valence-corrected chi connectivity index (χ4v) is 2.95. The quantitative estimate of drug-likeness (QED) is 0.658. The van der Waals surface area contributed by atoms with Crippen molar-refractivity contribution in [2.24, 2.45) is 0 Å². The largest absolute Gasteiger partial charge is 0.384 e. The summed E-state index contributed by atoms with van der Waals surface area (Å²) in [4.78, 5) is 0. The Labute approximate surface area is 136 Å². The van der Waals surface area contributed by atoms with Crippen LogP contribution in [0.25, 0.3) is 0 Å². The molecule has 1 unspecified atom stereocenters. The lowest BCUT2D eigenvalue weighted by Gasteiger charge is -2.15. The summed E-state index contributed by atoms with van der Waals surface area (Å²) in [6.45, 7) is 4.34. The summed E-state index contributed by atoms with van der Waals surface area (Å²) in [6.07, 6.45) is -0.592. The maximum absolute atomic E-state index is 10.5. The van der Waals surface area contributed by atoms with Gasteiger partial charge in [0.25, 0.3) is 0 Å². The van der Waals surface area contributed by atoms with Crippen LogP contribution in [0.15, 0.2) is 46.9 Å². The molecular formula is C16H16BrIO. The van der Waals surface area contributed by atoms with E-state index in [9.17, 15) is 5.11 Å². The smallest absolute Gasteiger partial charge is 0.105 e. The van der Waals surface area contributed by atoms with E-state index in [1.165, 1.54) is 5.56 Å². The zero-order chi connectivity index (χ0) is 14.0. The van der Waals surface area contributed by atoms with Crippen LogP contribution >= 0.6 is 38.5 Å². The summed E-state index contributed by atoms with van der Waals surface area (Å²) in [5.41, 5.74) is 3.12. The average Bonchev–Trinajstić information content (AvgIpc) is 2.41. The van der Waals surface area contributed by atoms with Crippen LogP contribution < -0.4 is 0 Å². The molecule has 0 amide bonds. The van der Waals surface area contributed by atoms with Crippen molar-refractivity contribution in [2.75, 3.05) is 0 Å². The van der Waals surface area contributed by atoms with E-state index in [0.717, 1.165) is 19.2 Å². The number of halogens is 2. The van der Waals surface area contributed by atoms with Gasteiger partial charge in [0.15, 0.2) is 0 Å². The molecule has 0 spiro atoms. The van der Waals surface area contributed by atoms with Crippen LogP contribution in [0, 0.1) is 3.57 Å². The maximum Gasteiger partial charge on any atom is 0.105 e. The van der Waals surface area contributed by atoms with Gasteiger partial charge in [-0.25, -0.2) is 0 Å². The lowest BCUT2D eigenvalue weighted by Crippen LogP contribution is -2.01. The second kappa shape index (κ2) is 6.37. The predicted molar refractivity (Wildman–Crippen MR) is 91.5 cm³/mol. The van der Waals surface area contributed by atoms with Crippen LogP contribution in [0.3, 0.4) is 0 Å². The van der Waals surface area contributed by atoms with Gasteiger partial charge in [-0.3, -0.25) is 0 Å². The Bertz CT molecular complexity index is 563. The van der Waals surface area contributed by atoms with Crippen molar-refractivity contribution < 1.29 is 5.11 Å². The number of hydrogen-bond acceptors (Lipinski definition) is 1. The Morgan fingerprint density at radius 1 is 1.00 bits per heavy atom. The van der Waals surface area contributed by atoms with Gasteiger partial charge in [-0.1, -0.05) is 54.0 Å². The second-order valence-corrected chi connectivity index (χ2v) is 6.99. The first kappa shape index (κ1) is 15.0. The Balaban J connectivity index is 2.33. The maximum atomic E-state index is 10.5. The molecule has 0 heterocycles. The highest BCUT2D eigenvalue weighted by atomic mass is 127. The molecule has 1 atom stereocenters. The van der Waals surface area contributed by atoms with Gasteiger partial charge in [0.1, 0.15) is 6.10 Å². The van der Waals surface area contributed by atoms with Crippen molar-refractivity contribution >= 4 is 38.5 Å². The van der Waals surface area contributed by atoms with Crippen molar-refractivity contribution in [3.8, 4) is 0 Å². The van der Waals surface area contributed by atoms with E-state index in [1.54, 1.807) is 0 Å². The van der Waals surface area contributed by atoms with Gasteiger partial charge in [-0.05, 0) is 57.8 Å². The third-order valence-corrected chi connectivity index (χ3v) is 4.56. The highest BCUT2D eigenvalue weighted by molar-refractivity contribution is 14.1. The van der Waals surface area contributed by atoms with Gasteiger partial charge in [-0.2, -0.15) is 0 Å². The van der Waals surface area contributed by atoms with Crippen LogP contribution in [0.1, 0.15) is 42.6 Å².